The van der Waals surface area contributed by atoms with E-state index in [9.17, 15) is 9.59 Å². The number of anilines is 1. The summed E-state index contributed by atoms with van der Waals surface area (Å²) in [5, 5.41) is 4.43. The second-order valence-corrected chi connectivity index (χ2v) is 6.63. The van der Waals surface area contributed by atoms with Crippen LogP contribution >= 0.6 is 0 Å². The number of hydrogen-bond acceptors (Lipinski definition) is 5. The molecule has 0 radical (unpaired) electrons. The molecule has 3 heterocycles. The molecule has 0 bridgehead atoms. The molecule has 6 heteroatoms. The van der Waals surface area contributed by atoms with E-state index < -0.39 is 5.63 Å². The van der Waals surface area contributed by atoms with Crippen molar-refractivity contribution < 1.29 is 13.6 Å². The Kier molecular flexibility index (Phi) is 3.84. The predicted molar refractivity (Wildman–Crippen MR) is 96.0 cm³/mol. The number of rotatable bonds is 3. The van der Waals surface area contributed by atoms with Crippen molar-refractivity contribution in [3.63, 3.8) is 0 Å². The van der Waals surface area contributed by atoms with Gasteiger partial charge in [-0.25, -0.2) is 4.79 Å². The maximum absolute atomic E-state index is 12.4. The minimum absolute atomic E-state index is 0.0836. The predicted octanol–water partition coefficient (Wildman–Crippen LogP) is 3.19. The highest BCUT2D eigenvalue weighted by Gasteiger charge is 2.21. The maximum Gasteiger partial charge on any atom is 0.336 e. The molecular formula is C19H20N2O4. The Morgan fingerprint density at radius 1 is 1.20 bits per heavy atom. The Hall–Kier alpha value is -2.60. The van der Waals surface area contributed by atoms with E-state index in [-0.39, 0.29) is 5.91 Å². The Morgan fingerprint density at radius 3 is 2.72 bits per heavy atom. The van der Waals surface area contributed by atoms with E-state index in [1.54, 1.807) is 6.92 Å². The summed E-state index contributed by atoms with van der Waals surface area (Å²) in [6.45, 7) is 5.93. The Morgan fingerprint density at radius 2 is 1.96 bits per heavy atom. The van der Waals surface area contributed by atoms with E-state index in [1.807, 2.05) is 19.1 Å². The molecule has 1 N–H and O–H groups in total. The molecule has 0 atom stereocenters. The van der Waals surface area contributed by atoms with Crippen molar-refractivity contribution >= 4 is 33.5 Å². The number of furan rings is 1. The second kappa shape index (κ2) is 6.04. The van der Waals surface area contributed by atoms with Gasteiger partial charge in [-0.1, -0.05) is 0 Å². The van der Waals surface area contributed by atoms with Crippen LogP contribution in [-0.4, -0.2) is 30.4 Å². The van der Waals surface area contributed by atoms with E-state index in [2.05, 4.69) is 10.2 Å². The van der Waals surface area contributed by atoms with Crippen LogP contribution in [-0.2, 0) is 4.79 Å². The van der Waals surface area contributed by atoms with E-state index >= 15 is 0 Å². The number of benzene rings is 1. The number of amides is 1. The number of aryl methyl sites for hydroxylation is 2. The lowest BCUT2D eigenvalue weighted by Gasteiger charge is -2.14. The molecule has 4 rings (SSSR count). The van der Waals surface area contributed by atoms with Crippen molar-refractivity contribution in [2.45, 2.75) is 26.7 Å². The van der Waals surface area contributed by atoms with Crippen molar-refractivity contribution in [2.75, 3.05) is 25.0 Å². The molecule has 3 aromatic rings. The van der Waals surface area contributed by atoms with Crippen molar-refractivity contribution in [3.8, 4) is 0 Å². The maximum atomic E-state index is 12.4. The lowest BCUT2D eigenvalue weighted by atomic mass is 10.1. The minimum Gasteiger partial charge on any atom is -0.459 e. The highest BCUT2D eigenvalue weighted by molar-refractivity contribution is 6.13. The quantitative estimate of drug-likeness (QED) is 0.741. The number of carbonyl (C=O) groups excluding carboxylic acids is 1. The van der Waals surface area contributed by atoms with Crippen LogP contribution in [0.4, 0.5) is 5.69 Å². The summed E-state index contributed by atoms with van der Waals surface area (Å²) in [4.78, 5) is 26.4. The molecular weight excluding hydrogens is 320 g/mol. The number of fused-ring (bicyclic) bond motifs is 3. The van der Waals surface area contributed by atoms with Crippen LogP contribution in [0.5, 0.6) is 0 Å². The fourth-order valence-electron chi connectivity index (χ4n) is 3.55. The first-order valence-electron chi connectivity index (χ1n) is 8.52. The van der Waals surface area contributed by atoms with E-state index in [1.165, 1.54) is 6.07 Å². The summed E-state index contributed by atoms with van der Waals surface area (Å²) in [5.41, 5.74) is 2.05. The summed E-state index contributed by atoms with van der Waals surface area (Å²) in [5.74, 6) is 0.515. The molecule has 130 valence electrons. The zero-order valence-corrected chi connectivity index (χ0v) is 14.3. The molecule has 25 heavy (non-hydrogen) atoms. The SMILES string of the molecule is Cc1oc2ccc3c(C)cc(=O)oc3c2c1NC(=O)CN1CCCC1. The number of nitrogens with zero attached hydrogens (tertiary/aromatic N) is 1. The van der Waals surface area contributed by atoms with Crippen LogP contribution in [0.1, 0.15) is 24.2 Å². The Labute approximate surface area is 144 Å². The van der Waals surface area contributed by atoms with Crippen LogP contribution in [0.3, 0.4) is 0 Å². The molecule has 1 aromatic carbocycles. The van der Waals surface area contributed by atoms with Gasteiger partial charge in [-0.15, -0.1) is 0 Å². The topological polar surface area (TPSA) is 75.7 Å². The van der Waals surface area contributed by atoms with Gasteiger partial charge in [-0.2, -0.15) is 0 Å². The molecule has 2 aromatic heterocycles. The minimum atomic E-state index is -0.411. The van der Waals surface area contributed by atoms with E-state index in [0.29, 0.717) is 34.5 Å². The molecule has 1 fully saturated rings. The van der Waals surface area contributed by atoms with Gasteiger partial charge < -0.3 is 14.2 Å². The number of nitrogens with one attached hydrogen (secondary N) is 1. The largest absolute Gasteiger partial charge is 0.459 e. The third-order valence-electron chi connectivity index (χ3n) is 4.78. The van der Waals surface area contributed by atoms with Gasteiger partial charge in [0.05, 0.1) is 17.6 Å². The molecule has 0 unspecified atom stereocenters. The molecule has 1 amide bonds. The van der Waals surface area contributed by atoms with Crippen molar-refractivity contribution in [1.82, 2.24) is 4.90 Å². The average molecular weight is 340 g/mol. The zero-order chi connectivity index (χ0) is 17.6. The third kappa shape index (κ3) is 2.82. The summed E-state index contributed by atoms with van der Waals surface area (Å²) < 4.78 is 11.2. The highest BCUT2D eigenvalue weighted by atomic mass is 16.4. The Bertz CT molecular complexity index is 1030. The summed E-state index contributed by atoms with van der Waals surface area (Å²) in [6.07, 6.45) is 2.27. The van der Waals surface area contributed by atoms with Crippen LogP contribution in [0.15, 0.2) is 31.8 Å². The molecule has 1 aliphatic rings. The molecule has 0 saturated carbocycles. The van der Waals surface area contributed by atoms with Crippen molar-refractivity contribution in [2.24, 2.45) is 0 Å². The number of carbonyl (C=O) groups is 1. The number of likely N-dealkylation sites (tertiary alicyclic amines) is 1. The van der Waals surface area contributed by atoms with Crippen LogP contribution in [0.2, 0.25) is 0 Å². The fourth-order valence-corrected chi connectivity index (χ4v) is 3.55. The van der Waals surface area contributed by atoms with Gasteiger partial charge in [0.1, 0.15) is 11.3 Å². The summed E-state index contributed by atoms with van der Waals surface area (Å²) in [7, 11) is 0. The molecule has 0 spiro atoms. The van der Waals surface area contributed by atoms with Crippen LogP contribution in [0.25, 0.3) is 21.9 Å². The summed E-state index contributed by atoms with van der Waals surface area (Å²) >= 11 is 0. The lowest BCUT2D eigenvalue weighted by Crippen LogP contribution is -2.30. The zero-order valence-electron chi connectivity index (χ0n) is 14.3. The first-order valence-corrected chi connectivity index (χ1v) is 8.52. The van der Waals surface area contributed by atoms with Gasteiger partial charge in [-0.3, -0.25) is 9.69 Å². The monoisotopic (exact) mass is 340 g/mol. The molecule has 1 saturated heterocycles. The smallest absolute Gasteiger partial charge is 0.336 e. The van der Waals surface area contributed by atoms with Gasteiger partial charge in [0.25, 0.3) is 0 Å². The van der Waals surface area contributed by atoms with Gasteiger partial charge in [0.2, 0.25) is 5.91 Å². The van der Waals surface area contributed by atoms with Crippen molar-refractivity contribution in [1.29, 1.82) is 0 Å². The number of hydrogen-bond donors (Lipinski definition) is 1. The molecule has 6 nitrogen and oxygen atoms in total. The highest BCUT2D eigenvalue weighted by Crippen LogP contribution is 2.36. The first kappa shape index (κ1) is 15.9. The third-order valence-corrected chi connectivity index (χ3v) is 4.78. The lowest BCUT2D eigenvalue weighted by molar-refractivity contribution is -0.117. The Balaban J connectivity index is 1.79. The van der Waals surface area contributed by atoms with E-state index in [4.69, 9.17) is 8.83 Å². The fraction of sp³-hybridized carbons (Fsp3) is 0.368. The van der Waals surface area contributed by atoms with Gasteiger partial charge >= 0.3 is 5.63 Å². The van der Waals surface area contributed by atoms with Gasteiger partial charge in [0.15, 0.2) is 5.58 Å². The standard InChI is InChI=1S/C19H20N2O4/c1-11-9-16(23)25-19-13(11)5-6-14-17(19)18(12(2)24-14)20-15(22)10-21-7-3-4-8-21/h5-6,9H,3-4,7-8,10H2,1-2H3,(H,20,22). The molecule has 0 aliphatic carbocycles. The van der Waals surface area contributed by atoms with Crippen molar-refractivity contribution in [3.05, 3.63) is 39.9 Å². The van der Waals surface area contributed by atoms with Crippen LogP contribution < -0.4 is 10.9 Å². The van der Waals surface area contributed by atoms with Gasteiger partial charge in [-0.05, 0) is 57.5 Å². The van der Waals surface area contributed by atoms with Gasteiger partial charge in [0, 0.05) is 11.5 Å². The van der Waals surface area contributed by atoms with E-state index in [0.717, 1.165) is 36.9 Å². The summed E-state index contributed by atoms with van der Waals surface area (Å²) in [6, 6.07) is 5.18. The normalized spacial score (nSPS) is 15.3. The average Bonchev–Trinajstić information content (AvgIpc) is 3.15. The van der Waals surface area contributed by atoms with Crippen LogP contribution in [0, 0.1) is 13.8 Å². The molecule has 1 aliphatic heterocycles. The first-order chi connectivity index (χ1) is 12.0. The second-order valence-electron chi connectivity index (χ2n) is 6.63.